The molecule has 0 fully saturated rings. The van der Waals surface area contributed by atoms with Gasteiger partial charge in [0.1, 0.15) is 5.82 Å². The number of aryl methyl sites for hydroxylation is 1. The van der Waals surface area contributed by atoms with E-state index in [2.05, 4.69) is 5.32 Å². The highest BCUT2D eigenvalue weighted by atomic mass is 35.5. The van der Waals surface area contributed by atoms with Crippen molar-refractivity contribution in [1.29, 1.82) is 0 Å². The highest BCUT2D eigenvalue weighted by Gasteiger charge is 2.21. The predicted molar refractivity (Wildman–Crippen MR) is 125 cm³/mol. The van der Waals surface area contributed by atoms with Gasteiger partial charge >= 0.3 is 0 Å². The summed E-state index contributed by atoms with van der Waals surface area (Å²) in [5, 5.41) is 14.3. The molecule has 2 amide bonds. The van der Waals surface area contributed by atoms with Crippen molar-refractivity contribution < 1.29 is 18.9 Å². The van der Waals surface area contributed by atoms with Crippen LogP contribution in [0, 0.1) is 22.9 Å². The number of nitro groups is 1. The monoisotopic (exact) mass is 489 g/mol. The highest BCUT2D eigenvalue weighted by Crippen LogP contribution is 2.25. The SMILES string of the molecule is Cc1ccc(C(=O)NCCN(C(=O)c2ccc(Cl)cc2Cl)c2ccc(F)cc2)cc1[N+](=O)[O-]. The second-order valence-electron chi connectivity index (χ2n) is 7.07. The van der Waals surface area contributed by atoms with E-state index in [0.717, 1.165) is 0 Å². The lowest BCUT2D eigenvalue weighted by molar-refractivity contribution is -0.385. The van der Waals surface area contributed by atoms with Crippen molar-refractivity contribution in [2.24, 2.45) is 0 Å². The van der Waals surface area contributed by atoms with Crippen LogP contribution in [0.5, 0.6) is 0 Å². The van der Waals surface area contributed by atoms with Crippen LogP contribution in [0.15, 0.2) is 60.7 Å². The zero-order chi connectivity index (χ0) is 24.1. The lowest BCUT2D eigenvalue weighted by atomic mass is 10.1. The lowest BCUT2D eigenvalue weighted by Gasteiger charge is -2.24. The van der Waals surface area contributed by atoms with Gasteiger partial charge < -0.3 is 10.2 Å². The Kier molecular flexibility index (Phi) is 7.63. The zero-order valence-corrected chi connectivity index (χ0v) is 18.9. The standard InChI is InChI=1S/C23H18Cl2FN3O4/c1-14-2-3-15(12-21(14)29(32)33)22(30)27-10-11-28(18-7-5-17(26)6-8-18)23(31)19-9-4-16(24)13-20(19)25/h2-9,12-13H,10-11H2,1H3,(H,27,30). The Balaban J connectivity index is 1.79. The van der Waals surface area contributed by atoms with Crippen LogP contribution in [0.3, 0.4) is 0 Å². The maximum atomic E-state index is 13.4. The molecule has 3 rings (SSSR count). The van der Waals surface area contributed by atoms with Gasteiger partial charge in [-0.15, -0.1) is 0 Å². The van der Waals surface area contributed by atoms with Gasteiger partial charge in [-0.3, -0.25) is 19.7 Å². The predicted octanol–water partition coefficient (Wildman–Crippen LogP) is 5.43. The van der Waals surface area contributed by atoms with Gasteiger partial charge in [0, 0.05) is 41.0 Å². The van der Waals surface area contributed by atoms with Gasteiger partial charge in [0.2, 0.25) is 0 Å². The first-order valence-corrected chi connectivity index (χ1v) is 10.5. The molecule has 0 radical (unpaired) electrons. The minimum Gasteiger partial charge on any atom is -0.350 e. The zero-order valence-electron chi connectivity index (χ0n) is 17.3. The fourth-order valence-corrected chi connectivity index (χ4v) is 3.60. The Labute approximate surface area is 198 Å². The number of nitrogens with one attached hydrogen (secondary N) is 1. The molecule has 7 nitrogen and oxygen atoms in total. The third-order valence-corrected chi connectivity index (χ3v) is 5.38. The van der Waals surface area contributed by atoms with Gasteiger partial charge in [0.15, 0.2) is 0 Å². The Bertz CT molecular complexity index is 1220. The Morgan fingerprint density at radius 2 is 1.76 bits per heavy atom. The van der Waals surface area contributed by atoms with E-state index < -0.39 is 22.6 Å². The molecule has 0 aliphatic carbocycles. The second-order valence-corrected chi connectivity index (χ2v) is 7.92. The summed E-state index contributed by atoms with van der Waals surface area (Å²) in [6.07, 6.45) is 0. The van der Waals surface area contributed by atoms with Crippen LogP contribution < -0.4 is 10.2 Å². The van der Waals surface area contributed by atoms with Crippen molar-refractivity contribution in [3.05, 3.63) is 103 Å². The van der Waals surface area contributed by atoms with Crippen molar-refractivity contribution in [2.75, 3.05) is 18.0 Å². The van der Waals surface area contributed by atoms with E-state index in [-0.39, 0.29) is 34.9 Å². The van der Waals surface area contributed by atoms with Gasteiger partial charge in [-0.05, 0) is 55.5 Å². The minimum atomic E-state index is -0.559. The molecule has 0 aromatic heterocycles. The smallest absolute Gasteiger partial charge is 0.273 e. The molecule has 1 N–H and O–H groups in total. The van der Waals surface area contributed by atoms with Crippen LogP contribution >= 0.6 is 23.2 Å². The topological polar surface area (TPSA) is 92.6 Å². The molecule has 0 aliphatic rings. The Morgan fingerprint density at radius 1 is 1.06 bits per heavy atom. The average Bonchev–Trinajstić information content (AvgIpc) is 2.77. The number of rotatable bonds is 7. The molecule has 0 heterocycles. The molecule has 170 valence electrons. The van der Waals surface area contributed by atoms with Crippen LogP contribution in [0.2, 0.25) is 10.0 Å². The molecule has 0 unspecified atom stereocenters. The molecule has 10 heteroatoms. The molecule has 0 aliphatic heterocycles. The van der Waals surface area contributed by atoms with Crippen LogP contribution in [0.4, 0.5) is 15.8 Å². The molecule has 0 bridgehead atoms. The van der Waals surface area contributed by atoms with Crippen LogP contribution in [-0.2, 0) is 0 Å². The van der Waals surface area contributed by atoms with Crippen molar-refractivity contribution in [3.63, 3.8) is 0 Å². The molecule has 33 heavy (non-hydrogen) atoms. The minimum absolute atomic E-state index is 0.0227. The number of carbonyl (C=O) groups excluding carboxylic acids is 2. The van der Waals surface area contributed by atoms with Gasteiger partial charge in [-0.25, -0.2) is 4.39 Å². The van der Waals surface area contributed by atoms with Gasteiger partial charge in [0.05, 0.1) is 15.5 Å². The fourth-order valence-electron chi connectivity index (χ4n) is 3.11. The summed E-state index contributed by atoms with van der Waals surface area (Å²) >= 11 is 12.1. The molecular weight excluding hydrogens is 472 g/mol. The average molecular weight is 490 g/mol. The van der Waals surface area contributed by atoms with E-state index in [0.29, 0.717) is 16.3 Å². The molecule has 3 aromatic carbocycles. The van der Waals surface area contributed by atoms with Crippen LogP contribution in [0.1, 0.15) is 26.3 Å². The first kappa shape index (κ1) is 24.2. The third kappa shape index (κ3) is 5.85. The van der Waals surface area contributed by atoms with Gasteiger partial charge in [-0.1, -0.05) is 29.3 Å². The van der Waals surface area contributed by atoms with E-state index in [1.165, 1.54) is 65.6 Å². The maximum absolute atomic E-state index is 13.4. The summed E-state index contributed by atoms with van der Waals surface area (Å²) in [5.41, 5.74) is 0.971. The van der Waals surface area contributed by atoms with E-state index in [4.69, 9.17) is 23.2 Å². The number of anilines is 1. The second kappa shape index (κ2) is 10.4. The first-order valence-electron chi connectivity index (χ1n) is 9.73. The quantitative estimate of drug-likeness (QED) is 0.353. The van der Waals surface area contributed by atoms with Crippen molar-refractivity contribution >= 4 is 46.4 Å². The van der Waals surface area contributed by atoms with E-state index in [1.807, 2.05) is 0 Å². The number of carbonyl (C=O) groups is 2. The summed E-state index contributed by atoms with van der Waals surface area (Å²) in [6.45, 7) is 1.63. The van der Waals surface area contributed by atoms with Gasteiger partial charge in [-0.2, -0.15) is 0 Å². The molecule has 0 spiro atoms. The summed E-state index contributed by atoms with van der Waals surface area (Å²) in [6, 6.07) is 13.9. The normalized spacial score (nSPS) is 10.5. The molecule has 0 saturated carbocycles. The van der Waals surface area contributed by atoms with Crippen LogP contribution in [-0.4, -0.2) is 29.8 Å². The van der Waals surface area contributed by atoms with Crippen molar-refractivity contribution in [1.82, 2.24) is 5.32 Å². The Morgan fingerprint density at radius 3 is 2.39 bits per heavy atom. The van der Waals surface area contributed by atoms with Gasteiger partial charge in [0.25, 0.3) is 17.5 Å². The van der Waals surface area contributed by atoms with Crippen molar-refractivity contribution in [3.8, 4) is 0 Å². The van der Waals surface area contributed by atoms with E-state index >= 15 is 0 Å². The largest absolute Gasteiger partial charge is 0.350 e. The van der Waals surface area contributed by atoms with E-state index in [9.17, 15) is 24.1 Å². The molecule has 0 atom stereocenters. The summed E-state index contributed by atoms with van der Waals surface area (Å²) in [4.78, 5) is 37.6. The maximum Gasteiger partial charge on any atom is 0.273 e. The van der Waals surface area contributed by atoms with Crippen LogP contribution in [0.25, 0.3) is 0 Å². The number of amides is 2. The number of nitro benzene ring substituents is 1. The third-order valence-electron chi connectivity index (χ3n) is 4.83. The Hall–Kier alpha value is -3.49. The molecular formula is C23H18Cl2FN3O4. The number of nitrogens with zero attached hydrogens (tertiary/aromatic N) is 2. The number of hydrogen-bond acceptors (Lipinski definition) is 4. The number of benzene rings is 3. The lowest BCUT2D eigenvalue weighted by Crippen LogP contribution is -2.39. The first-order chi connectivity index (χ1) is 15.7. The number of halogens is 3. The molecule has 3 aromatic rings. The summed E-state index contributed by atoms with van der Waals surface area (Å²) in [5.74, 6) is -1.47. The molecule has 0 saturated heterocycles. The highest BCUT2D eigenvalue weighted by molar-refractivity contribution is 6.37. The van der Waals surface area contributed by atoms with Crippen molar-refractivity contribution in [2.45, 2.75) is 6.92 Å². The summed E-state index contributed by atoms with van der Waals surface area (Å²) in [7, 11) is 0. The number of hydrogen-bond donors (Lipinski definition) is 1. The summed E-state index contributed by atoms with van der Waals surface area (Å²) < 4.78 is 13.4. The fraction of sp³-hybridized carbons (Fsp3) is 0.130. The van der Waals surface area contributed by atoms with E-state index in [1.54, 1.807) is 6.92 Å².